The van der Waals surface area contributed by atoms with Crippen molar-refractivity contribution in [3.05, 3.63) is 24.7 Å². The number of methoxy groups -OCH3 is 1. The Morgan fingerprint density at radius 3 is 2.67 bits per heavy atom. The van der Waals surface area contributed by atoms with E-state index in [2.05, 4.69) is 42.5 Å². The molecule has 3 aliphatic rings. The molecule has 2 saturated heterocycles. The SMILES string of the molecule is C=CN(/C(=C\OC)C(C)(C)[C@@H](C)N1CC2CCCNC2C1)C1CC1. The van der Waals surface area contributed by atoms with Crippen LogP contribution in [0.2, 0.25) is 0 Å². The molecular formula is C20H35N3O. The molecule has 0 bridgehead atoms. The molecule has 0 radical (unpaired) electrons. The first kappa shape index (κ1) is 17.8. The van der Waals surface area contributed by atoms with Crippen molar-refractivity contribution in [3.8, 4) is 0 Å². The van der Waals surface area contributed by atoms with Crippen molar-refractivity contribution in [1.29, 1.82) is 0 Å². The Kier molecular flexibility index (Phi) is 5.26. The summed E-state index contributed by atoms with van der Waals surface area (Å²) >= 11 is 0. The average Bonchev–Trinajstić information content (AvgIpc) is 3.31. The molecule has 0 amide bonds. The van der Waals surface area contributed by atoms with Gasteiger partial charge >= 0.3 is 0 Å². The summed E-state index contributed by atoms with van der Waals surface area (Å²) in [5, 5.41) is 3.73. The number of fused-ring (bicyclic) bond motifs is 1. The normalized spacial score (nSPS) is 29.9. The standard InChI is InChI=1S/C20H35N3O/c1-6-23(17-9-10-17)19(14-24-5)20(3,4)15(2)22-12-16-8-7-11-21-18(16)13-22/h6,14-18,21H,1,7-13H2,2-5H3/b19-14-/t15-,16?,18?/m1/s1. The number of ether oxygens (including phenoxy) is 1. The minimum atomic E-state index is 0.0142. The number of hydrogen-bond acceptors (Lipinski definition) is 4. The van der Waals surface area contributed by atoms with Crippen molar-refractivity contribution in [2.24, 2.45) is 11.3 Å². The highest BCUT2D eigenvalue weighted by Crippen LogP contribution is 2.42. The Labute approximate surface area is 147 Å². The molecule has 24 heavy (non-hydrogen) atoms. The Morgan fingerprint density at radius 1 is 1.33 bits per heavy atom. The third-order valence-corrected chi connectivity index (χ3v) is 6.52. The quantitative estimate of drug-likeness (QED) is 0.724. The van der Waals surface area contributed by atoms with Gasteiger partial charge in [-0.1, -0.05) is 20.4 Å². The lowest BCUT2D eigenvalue weighted by atomic mass is 9.80. The first-order chi connectivity index (χ1) is 11.5. The summed E-state index contributed by atoms with van der Waals surface area (Å²) in [5.74, 6) is 0.825. The van der Waals surface area contributed by atoms with Crippen LogP contribution in [0.3, 0.4) is 0 Å². The van der Waals surface area contributed by atoms with Crippen molar-refractivity contribution in [3.63, 3.8) is 0 Å². The van der Waals surface area contributed by atoms with Gasteiger partial charge in [-0.3, -0.25) is 4.90 Å². The molecule has 2 unspecified atom stereocenters. The molecule has 1 saturated carbocycles. The van der Waals surface area contributed by atoms with Crippen LogP contribution in [-0.4, -0.2) is 54.7 Å². The van der Waals surface area contributed by atoms with Gasteiger partial charge in [0.25, 0.3) is 0 Å². The molecule has 1 aliphatic carbocycles. The lowest BCUT2D eigenvalue weighted by Gasteiger charge is -2.43. The summed E-state index contributed by atoms with van der Waals surface area (Å²) in [7, 11) is 1.75. The summed E-state index contributed by atoms with van der Waals surface area (Å²) in [4.78, 5) is 5.03. The van der Waals surface area contributed by atoms with Crippen LogP contribution in [0.25, 0.3) is 0 Å². The Morgan fingerprint density at radius 2 is 2.08 bits per heavy atom. The number of piperidine rings is 1. The van der Waals surface area contributed by atoms with Crippen LogP contribution in [-0.2, 0) is 4.74 Å². The van der Waals surface area contributed by atoms with E-state index in [1.54, 1.807) is 7.11 Å². The lowest BCUT2D eigenvalue weighted by molar-refractivity contribution is 0.118. The van der Waals surface area contributed by atoms with Gasteiger partial charge in [0, 0.05) is 36.6 Å². The van der Waals surface area contributed by atoms with Crippen LogP contribution in [0, 0.1) is 11.3 Å². The van der Waals surface area contributed by atoms with Gasteiger partial charge in [0.05, 0.1) is 12.8 Å². The second-order valence-electron chi connectivity index (χ2n) is 8.37. The van der Waals surface area contributed by atoms with E-state index in [0.717, 1.165) is 5.92 Å². The van der Waals surface area contributed by atoms with Gasteiger partial charge in [-0.2, -0.15) is 0 Å². The minimum Gasteiger partial charge on any atom is -0.503 e. The van der Waals surface area contributed by atoms with E-state index in [9.17, 15) is 0 Å². The van der Waals surface area contributed by atoms with E-state index in [1.807, 2.05) is 12.5 Å². The fourth-order valence-electron chi connectivity index (χ4n) is 4.52. The van der Waals surface area contributed by atoms with E-state index in [1.165, 1.54) is 51.0 Å². The van der Waals surface area contributed by atoms with Crippen molar-refractivity contribution in [2.45, 2.75) is 64.6 Å². The maximum atomic E-state index is 5.48. The molecular weight excluding hydrogens is 298 g/mol. The largest absolute Gasteiger partial charge is 0.503 e. The molecule has 0 aromatic heterocycles. The molecule has 1 N–H and O–H groups in total. The molecule has 0 aromatic rings. The Balaban J connectivity index is 1.76. The maximum Gasteiger partial charge on any atom is 0.103 e. The van der Waals surface area contributed by atoms with Gasteiger partial charge in [-0.15, -0.1) is 0 Å². The van der Waals surface area contributed by atoms with Crippen molar-refractivity contribution >= 4 is 0 Å². The summed E-state index contributed by atoms with van der Waals surface area (Å²) < 4.78 is 5.48. The minimum absolute atomic E-state index is 0.0142. The lowest BCUT2D eigenvalue weighted by Crippen LogP contribution is -2.47. The number of likely N-dealkylation sites (tertiary alicyclic amines) is 1. The van der Waals surface area contributed by atoms with Gasteiger partial charge in [-0.25, -0.2) is 0 Å². The monoisotopic (exact) mass is 333 g/mol. The highest BCUT2D eigenvalue weighted by molar-refractivity contribution is 5.18. The zero-order valence-electron chi connectivity index (χ0n) is 15.9. The van der Waals surface area contributed by atoms with Crippen LogP contribution in [0.1, 0.15) is 46.5 Å². The Hall–Kier alpha value is -1.00. The maximum absolute atomic E-state index is 5.48. The predicted molar refractivity (Wildman–Crippen MR) is 99.5 cm³/mol. The van der Waals surface area contributed by atoms with Crippen molar-refractivity contribution < 1.29 is 4.74 Å². The smallest absolute Gasteiger partial charge is 0.103 e. The van der Waals surface area contributed by atoms with E-state index >= 15 is 0 Å². The van der Waals surface area contributed by atoms with E-state index in [-0.39, 0.29) is 5.41 Å². The second-order valence-corrected chi connectivity index (χ2v) is 8.37. The molecule has 0 aromatic carbocycles. The second kappa shape index (κ2) is 7.09. The van der Waals surface area contributed by atoms with E-state index in [0.29, 0.717) is 18.1 Å². The van der Waals surface area contributed by atoms with E-state index in [4.69, 9.17) is 4.74 Å². The third-order valence-electron chi connectivity index (χ3n) is 6.52. The number of hydrogen-bond donors (Lipinski definition) is 1. The van der Waals surface area contributed by atoms with Crippen LogP contribution in [0.5, 0.6) is 0 Å². The average molecular weight is 334 g/mol. The van der Waals surface area contributed by atoms with Crippen LogP contribution in [0.15, 0.2) is 24.7 Å². The highest BCUT2D eigenvalue weighted by atomic mass is 16.5. The summed E-state index contributed by atoms with van der Waals surface area (Å²) in [6, 6.07) is 1.76. The van der Waals surface area contributed by atoms with Crippen molar-refractivity contribution in [2.75, 3.05) is 26.7 Å². The summed E-state index contributed by atoms with van der Waals surface area (Å²) in [6.45, 7) is 14.7. The molecule has 3 fully saturated rings. The third kappa shape index (κ3) is 3.36. The topological polar surface area (TPSA) is 27.7 Å². The number of nitrogens with zero attached hydrogens (tertiary/aromatic N) is 2. The molecule has 2 aliphatic heterocycles. The molecule has 0 spiro atoms. The Bertz CT molecular complexity index is 469. The molecule has 136 valence electrons. The summed E-state index contributed by atoms with van der Waals surface area (Å²) in [6.07, 6.45) is 9.15. The zero-order chi connectivity index (χ0) is 17.3. The number of nitrogens with one attached hydrogen (secondary N) is 1. The first-order valence-electron chi connectivity index (χ1n) is 9.60. The van der Waals surface area contributed by atoms with Gasteiger partial charge in [0.2, 0.25) is 0 Å². The van der Waals surface area contributed by atoms with Gasteiger partial charge in [0.1, 0.15) is 6.26 Å². The van der Waals surface area contributed by atoms with Crippen LogP contribution >= 0.6 is 0 Å². The highest BCUT2D eigenvalue weighted by Gasteiger charge is 2.44. The number of rotatable bonds is 7. The molecule has 3 rings (SSSR count). The van der Waals surface area contributed by atoms with Crippen LogP contribution < -0.4 is 5.32 Å². The van der Waals surface area contributed by atoms with Gasteiger partial charge < -0.3 is 15.0 Å². The van der Waals surface area contributed by atoms with Gasteiger partial charge in [0.15, 0.2) is 0 Å². The molecule has 2 heterocycles. The predicted octanol–water partition coefficient (Wildman–Crippen LogP) is 3.18. The molecule has 4 heteroatoms. The molecule has 4 nitrogen and oxygen atoms in total. The fourth-order valence-corrected chi connectivity index (χ4v) is 4.52. The molecule has 3 atom stereocenters. The summed E-state index contributed by atoms with van der Waals surface area (Å²) in [5.41, 5.74) is 1.28. The van der Waals surface area contributed by atoms with Crippen LogP contribution in [0.4, 0.5) is 0 Å². The zero-order valence-corrected chi connectivity index (χ0v) is 15.9. The van der Waals surface area contributed by atoms with Gasteiger partial charge in [-0.05, 0) is 51.3 Å². The first-order valence-corrected chi connectivity index (χ1v) is 9.60. The fraction of sp³-hybridized carbons (Fsp3) is 0.800. The van der Waals surface area contributed by atoms with Crippen molar-refractivity contribution in [1.82, 2.24) is 15.1 Å². The van der Waals surface area contributed by atoms with E-state index < -0.39 is 0 Å².